The van der Waals surface area contributed by atoms with E-state index in [-0.39, 0.29) is 18.6 Å². The summed E-state index contributed by atoms with van der Waals surface area (Å²) in [6.07, 6.45) is 2.10. The van der Waals surface area contributed by atoms with Gasteiger partial charge in [-0.25, -0.2) is 0 Å². The van der Waals surface area contributed by atoms with Crippen molar-refractivity contribution in [3.63, 3.8) is 0 Å². The van der Waals surface area contributed by atoms with Gasteiger partial charge >= 0.3 is 0 Å². The molecule has 0 aliphatic carbocycles. The monoisotopic (exact) mass is 206 g/mol. The number of aliphatic hydroxyl groups is 1. The topological polar surface area (TPSA) is 29.5 Å². The highest BCUT2D eigenvalue weighted by molar-refractivity contribution is 5.30. The average Bonchev–Trinajstić information content (AvgIpc) is 2.76. The molecule has 15 heavy (non-hydrogen) atoms. The fourth-order valence-corrected chi connectivity index (χ4v) is 2.30. The largest absolute Gasteiger partial charge is 0.396 e. The third kappa shape index (κ3) is 2.06. The Morgan fingerprint density at radius 2 is 2.20 bits per heavy atom. The summed E-state index contributed by atoms with van der Waals surface area (Å²) in [4.78, 5) is 0. The van der Waals surface area contributed by atoms with Crippen LogP contribution in [-0.4, -0.2) is 18.3 Å². The van der Waals surface area contributed by atoms with E-state index in [9.17, 15) is 5.11 Å². The molecule has 1 aliphatic rings. The molecule has 2 unspecified atom stereocenters. The molecule has 1 saturated heterocycles. The molecule has 82 valence electrons. The molecule has 0 amide bonds. The zero-order valence-corrected chi connectivity index (χ0v) is 9.15. The molecule has 1 N–H and O–H groups in total. The summed E-state index contributed by atoms with van der Waals surface area (Å²) >= 11 is 0. The SMILES string of the molecule is CCc1ccccc1C1OCCC1CO. The van der Waals surface area contributed by atoms with Gasteiger partial charge in [0.05, 0.1) is 6.10 Å². The standard InChI is InChI=1S/C13H18O2/c1-2-10-5-3-4-6-12(10)13-11(9-14)7-8-15-13/h3-6,11,13-14H,2,7-9H2,1H3. The number of aliphatic hydroxyl groups excluding tert-OH is 1. The number of ether oxygens (including phenoxy) is 1. The zero-order valence-electron chi connectivity index (χ0n) is 9.15. The van der Waals surface area contributed by atoms with Crippen molar-refractivity contribution < 1.29 is 9.84 Å². The van der Waals surface area contributed by atoms with Crippen molar-refractivity contribution in [2.75, 3.05) is 13.2 Å². The van der Waals surface area contributed by atoms with Crippen LogP contribution in [0.15, 0.2) is 24.3 Å². The predicted molar refractivity (Wildman–Crippen MR) is 59.7 cm³/mol. The van der Waals surface area contributed by atoms with Crippen molar-refractivity contribution in [1.29, 1.82) is 0 Å². The minimum absolute atomic E-state index is 0.103. The molecule has 2 atom stereocenters. The van der Waals surface area contributed by atoms with Gasteiger partial charge in [0.15, 0.2) is 0 Å². The number of rotatable bonds is 3. The maximum absolute atomic E-state index is 9.28. The Hall–Kier alpha value is -0.860. The molecule has 2 heteroatoms. The lowest BCUT2D eigenvalue weighted by atomic mass is 9.92. The van der Waals surface area contributed by atoms with Gasteiger partial charge in [-0.2, -0.15) is 0 Å². The molecule has 1 heterocycles. The van der Waals surface area contributed by atoms with Crippen LogP contribution >= 0.6 is 0 Å². The van der Waals surface area contributed by atoms with E-state index in [2.05, 4.69) is 25.1 Å². The second kappa shape index (κ2) is 4.77. The maximum Gasteiger partial charge on any atom is 0.0878 e. The molecule has 0 saturated carbocycles. The zero-order chi connectivity index (χ0) is 10.7. The summed E-state index contributed by atoms with van der Waals surface area (Å²) < 4.78 is 5.72. The summed E-state index contributed by atoms with van der Waals surface area (Å²) in [5, 5.41) is 9.28. The van der Waals surface area contributed by atoms with Gasteiger partial charge in [0.1, 0.15) is 0 Å². The van der Waals surface area contributed by atoms with Crippen LogP contribution in [0.25, 0.3) is 0 Å². The number of benzene rings is 1. The van der Waals surface area contributed by atoms with Crippen LogP contribution in [0.2, 0.25) is 0 Å². The smallest absolute Gasteiger partial charge is 0.0878 e. The Morgan fingerprint density at radius 1 is 1.40 bits per heavy atom. The summed E-state index contributed by atoms with van der Waals surface area (Å²) in [7, 11) is 0. The molecule has 2 rings (SSSR count). The van der Waals surface area contributed by atoms with Crippen molar-refractivity contribution in [3.05, 3.63) is 35.4 Å². The quantitative estimate of drug-likeness (QED) is 0.822. The van der Waals surface area contributed by atoms with Gasteiger partial charge in [0.25, 0.3) is 0 Å². The Morgan fingerprint density at radius 3 is 2.93 bits per heavy atom. The van der Waals surface area contributed by atoms with Crippen molar-refractivity contribution in [3.8, 4) is 0 Å². The molecule has 1 aromatic rings. The van der Waals surface area contributed by atoms with Gasteiger partial charge < -0.3 is 9.84 Å². The number of hydrogen-bond acceptors (Lipinski definition) is 2. The first kappa shape index (κ1) is 10.7. The van der Waals surface area contributed by atoms with E-state index in [1.807, 2.05) is 6.07 Å². The fourth-order valence-electron chi connectivity index (χ4n) is 2.30. The van der Waals surface area contributed by atoms with Crippen LogP contribution in [0.1, 0.15) is 30.6 Å². The van der Waals surface area contributed by atoms with E-state index in [1.54, 1.807) is 0 Å². The minimum atomic E-state index is 0.103. The highest BCUT2D eigenvalue weighted by atomic mass is 16.5. The molecular weight excluding hydrogens is 188 g/mol. The molecular formula is C13H18O2. The summed E-state index contributed by atoms with van der Waals surface area (Å²) in [5.41, 5.74) is 2.60. The first-order chi connectivity index (χ1) is 7.36. The first-order valence-electron chi connectivity index (χ1n) is 5.67. The Bertz CT molecular complexity index is 322. The lowest BCUT2D eigenvalue weighted by Gasteiger charge is -2.19. The van der Waals surface area contributed by atoms with Crippen LogP contribution in [-0.2, 0) is 11.2 Å². The second-order valence-corrected chi connectivity index (χ2v) is 4.08. The lowest BCUT2D eigenvalue weighted by molar-refractivity contribution is 0.0714. The van der Waals surface area contributed by atoms with E-state index in [1.165, 1.54) is 11.1 Å². The highest BCUT2D eigenvalue weighted by Gasteiger charge is 2.29. The van der Waals surface area contributed by atoms with E-state index in [0.29, 0.717) is 0 Å². The van der Waals surface area contributed by atoms with Crippen LogP contribution in [0, 0.1) is 5.92 Å². The summed E-state index contributed by atoms with van der Waals surface area (Å²) in [5.74, 6) is 0.276. The van der Waals surface area contributed by atoms with Gasteiger partial charge in [-0.05, 0) is 24.0 Å². The Balaban J connectivity index is 2.27. The first-order valence-corrected chi connectivity index (χ1v) is 5.67. The Labute approximate surface area is 90.9 Å². The van der Waals surface area contributed by atoms with E-state index < -0.39 is 0 Å². The maximum atomic E-state index is 9.28. The molecule has 1 fully saturated rings. The van der Waals surface area contributed by atoms with E-state index in [4.69, 9.17) is 4.74 Å². The predicted octanol–water partition coefficient (Wildman–Crippen LogP) is 2.32. The third-order valence-electron chi connectivity index (χ3n) is 3.19. The molecule has 0 spiro atoms. The van der Waals surface area contributed by atoms with E-state index >= 15 is 0 Å². The fraction of sp³-hybridized carbons (Fsp3) is 0.538. The van der Waals surface area contributed by atoms with Crippen LogP contribution in [0.3, 0.4) is 0 Å². The van der Waals surface area contributed by atoms with Gasteiger partial charge in [0, 0.05) is 19.1 Å². The number of hydrogen-bond donors (Lipinski definition) is 1. The van der Waals surface area contributed by atoms with Crippen molar-refractivity contribution in [2.24, 2.45) is 5.92 Å². The molecule has 0 radical (unpaired) electrons. The van der Waals surface area contributed by atoms with Gasteiger partial charge in [0.2, 0.25) is 0 Å². The minimum Gasteiger partial charge on any atom is -0.396 e. The molecule has 1 aliphatic heterocycles. The lowest BCUT2D eigenvalue weighted by Crippen LogP contribution is -2.13. The average molecular weight is 206 g/mol. The van der Waals surface area contributed by atoms with Crippen LogP contribution in [0.5, 0.6) is 0 Å². The van der Waals surface area contributed by atoms with Crippen LogP contribution < -0.4 is 0 Å². The summed E-state index contributed by atoms with van der Waals surface area (Å²) in [6, 6.07) is 8.37. The summed E-state index contributed by atoms with van der Waals surface area (Å²) in [6.45, 7) is 3.15. The second-order valence-electron chi connectivity index (χ2n) is 4.08. The van der Waals surface area contributed by atoms with Crippen molar-refractivity contribution >= 4 is 0 Å². The Kier molecular flexibility index (Phi) is 3.39. The van der Waals surface area contributed by atoms with E-state index in [0.717, 1.165) is 19.4 Å². The van der Waals surface area contributed by atoms with Gasteiger partial charge in [-0.1, -0.05) is 31.2 Å². The van der Waals surface area contributed by atoms with Crippen molar-refractivity contribution in [2.45, 2.75) is 25.9 Å². The molecule has 2 nitrogen and oxygen atoms in total. The highest BCUT2D eigenvalue weighted by Crippen LogP contribution is 2.35. The van der Waals surface area contributed by atoms with Crippen LogP contribution in [0.4, 0.5) is 0 Å². The third-order valence-corrected chi connectivity index (χ3v) is 3.19. The number of aryl methyl sites for hydroxylation is 1. The molecule has 1 aromatic carbocycles. The van der Waals surface area contributed by atoms with Crippen molar-refractivity contribution in [1.82, 2.24) is 0 Å². The van der Waals surface area contributed by atoms with Gasteiger partial charge in [-0.15, -0.1) is 0 Å². The molecule has 0 aromatic heterocycles. The normalized spacial score (nSPS) is 25.7. The molecule has 0 bridgehead atoms. The van der Waals surface area contributed by atoms with Gasteiger partial charge in [-0.3, -0.25) is 0 Å².